The van der Waals surface area contributed by atoms with E-state index in [-0.39, 0.29) is 17.3 Å². The van der Waals surface area contributed by atoms with Crippen molar-refractivity contribution in [3.63, 3.8) is 0 Å². The monoisotopic (exact) mass is 433 g/mol. The van der Waals surface area contributed by atoms with Crippen LogP contribution in [0.25, 0.3) is 11.3 Å². The molecule has 1 aromatic carbocycles. The van der Waals surface area contributed by atoms with Crippen LogP contribution in [0.2, 0.25) is 0 Å². The zero-order chi connectivity index (χ0) is 21.8. The Labute approximate surface area is 178 Å². The molecule has 2 N–H and O–H groups in total. The van der Waals surface area contributed by atoms with Gasteiger partial charge in [0.25, 0.3) is 15.9 Å². The SMILES string of the molecule is C=C1Nc2cc(C(=O)NCc3cnc4cccc(C)n34)ccc2S(=O)(=O)n2cccc21. The lowest BCUT2D eigenvalue weighted by Gasteiger charge is -2.11. The lowest BCUT2D eigenvalue weighted by molar-refractivity contribution is 0.0950. The van der Waals surface area contributed by atoms with Crippen molar-refractivity contribution in [3.8, 4) is 0 Å². The van der Waals surface area contributed by atoms with Crippen LogP contribution in [0.1, 0.15) is 27.4 Å². The van der Waals surface area contributed by atoms with E-state index in [9.17, 15) is 13.2 Å². The number of carbonyl (C=O) groups is 1. The van der Waals surface area contributed by atoms with E-state index in [1.165, 1.54) is 28.4 Å². The number of pyridine rings is 1. The van der Waals surface area contributed by atoms with Gasteiger partial charge in [-0.2, -0.15) is 0 Å². The third-order valence-electron chi connectivity index (χ3n) is 5.31. The summed E-state index contributed by atoms with van der Waals surface area (Å²) < 4.78 is 29.2. The first-order valence-electron chi connectivity index (χ1n) is 9.60. The van der Waals surface area contributed by atoms with Gasteiger partial charge in [0.1, 0.15) is 10.5 Å². The number of carbonyl (C=O) groups excluding carboxylic acids is 1. The summed E-state index contributed by atoms with van der Waals surface area (Å²) in [5.41, 5.74) is 4.21. The Balaban J connectivity index is 1.44. The van der Waals surface area contributed by atoms with Crippen LogP contribution in [0.4, 0.5) is 5.69 Å². The fourth-order valence-corrected chi connectivity index (χ4v) is 5.31. The lowest BCUT2D eigenvalue weighted by atomic mass is 10.1. The fraction of sp³-hybridized carbons (Fsp3) is 0.0909. The van der Waals surface area contributed by atoms with Gasteiger partial charge in [-0.1, -0.05) is 12.6 Å². The lowest BCUT2D eigenvalue weighted by Crippen LogP contribution is -2.24. The van der Waals surface area contributed by atoms with E-state index in [0.29, 0.717) is 22.6 Å². The summed E-state index contributed by atoms with van der Waals surface area (Å²) in [5, 5.41) is 5.91. The third kappa shape index (κ3) is 3.01. The summed E-state index contributed by atoms with van der Waals surface area (Å²) in [5.74, 6) is -0.319. The first-order chi connectivity index (χ1) is 14.9. The second kappa shape index (κ2) is 6.85. The quantitative estimate of drug-likeness (QED) is 0.518. The van der Waals surface area contributed by atoms with E-state index in [4.69, 9.17) is 0 Å². The minimum atomic E-state index is -3.80. The van der Waals surface area contributed by atoms with E-state index in [1.54, 1.807) is 18.3 Å². The molecule has 3 aromatic heterocycles. The van der Waals surface area contributed by atoms with Gasteiger partial charge in [0.15, 0.2) is 0 Å². The maximum atomic E-state index is 13.0. The maximum Gasteiger partial charge on any atom is 0.270 e. The highest BCUT2D eigenvalue weighted by Gasteiger charge is 2.28. The molecule has 1 amide bonds. The molecular formula is C22H19N5O3S. The predicted octanol–water partition coefficient (Wildman–Crippen LogP) is 3.01. The van der Waals surface area contributed by atoms with Crippen LogP contribution in [0.5, 0.6) is 0 Å². The molecule has 9 heteroatoms. The molecule has 0 unspecified atom stereocenters. The summed E-state index contributed by atoms with van der Waals surface area (Å²) >= 11 is 0. The molecule has 1 aliphatic rings. The van der Waals surface area contributed by atoms with Crippen molar-refractivity contribution in [2.45, 2.75) is 18.4 Å². The number of hydrogen-bond acceptors (Lipinski definition) is 5. The second-order valence-electron chi connectivity index (χ2n) is 7.30. The second-order valence-corrected chi connectivity index (χ2v) is 9.09. The highest BCUT2D eigenvalue weighted by atomic mass is 32.2. The van der Waals surface area contributed by atoms with Gasteiger partial charge in [0.2, 0.25) is 0 Å². The van der Waals surface area contributed by atoms with Gasteiger partial charge in [0, 0.05) is 17.5 Å². The van der Waals surface area contributed by atoms with E-state index in [1.807, 2.05) is 29.5 Å². The summed E-state index contributed by atoms with van der Waals surface area (Å²) in [6.45, 7) is 6.18. The molecule has 156 valence electrons. The van der Waals surface area contributed by atoms with Crippen molar-refractivity contribution in [2.75, 3.05) is 5.32 Å². The van der Waals surface area contributed by atoms with Crippen molar-refractivity contribution in [1.29, 1.82) is 0 Å². The Kier molecular flexibility index (Phi) is 4.23. The van der Waals surface area contributed by atoms with E-state index >= 15 is 0 Å². The van der Waals surface area contributed by atoms with Crippen LogP contribution in [0, 0.1) is 6.92 Å². The molecule has 5 rings (SSSR count). The van der Waals surface area contributed by atoms with Gasteiger partial charge in [-0.15, -0.1) is 0 Å². The van der Waals surface area contributed by atoms with Gasteiger partial charge in [0.05, 0.1) is 35.5 Å². The zero-order valence-electron chi connectivity index (χ0n) is 16.7. The van der Waals surface area contributed by atoms with Crippen LogP contribution in [-0.2, 0) is 16.6 Å². The Morgan fingerprint density at radius 3 is 2.87 bits per heavy atom. The van der Waals surface area contributed by atoms with Crippen LogP contribution in [-0.4, -0.2) is 27.7 Å². The molecule has 8 nitrogen and oxygen atoms in total. The standard InChI is InChI=1S/C22H19N5O3S/c1-14-5-3-7-21-23-12-17(27(14)21)13-24-22(28)16-8-9-20-18(11-16)25-15(2)19-6-4-10-26(19)31(20,29)30/h3-12,25H,2,13H2,1H3,(H,24,28). The number of aryl methyl sites for hydroxylation is 1. The van der Waals surface area contributed by atoms with Crippen LogP contribution in [0.15, 0.2) is 72.4 Å². The summed E-state index contributed by atoms with van der Waals surface area (Å²) in [6, 6.07) is 13.6. The van der Waals surface area contributed by atoms with Crippen molar-refractivity contribution in [3.05, 3.63) is 90.1 Å². The molecule has 31 heavy (non-hydrogen) atoms. The number of nitrogens with one attached hydrogen (secondary N) is 2. The number of anilines is 1. The first-order valence-corrected chi connectivity index (χ1v) is 11.0. The summed E-state index contributed by atoms with van der Waals surface area (Å²) in [7, 11) is -3.80. The largest absolute Gasteiger partial charge is 0.353 e. The predicted molar refractivity (Wildman–Crippen MR) is 117 cm³/mol. The van der Waals surface area contributed by atoms with Gasteiger partial charge < -0.3 is 10.6 Å². The molecule has 0 radical (unpaired) electrons. The van der Waals surface area contributed by atoms with Gasteiger partial charge in [-0.05, 0) is 49.4 Å². The Hall–Kier alpha value is -3.85. The normalized spacial score (nSPS) is 14.4. The molecule has 0 saturated carbocycles. The third-order valence-corrected chi connectivity index (χ3v) is 7.06. The van der Waals surface area contributed by atoms with Crippen LogP contribution in [0.3, 0.4) is 0 Å². The topological polar surface area (TPSA) is 97.5 Å². The van der Waals surface area contributed by atoms with E-state index < -0.39 is 10.0 Å². The molecular weight excluding hydrogens is 414 g/mol. The number of aromatic nitrogens is 3. The molecule has 4 aromatic rings. The molecule has 0 fully saturated rings. The number of imidazole rings is 1. The van der Waals surface area contributed by atoms with Gasteiger partial charge in [-0.3, -0.25) is 9.20 Å². The maximum absolute atomic E-state index is 13.0. The number of nitrogens with zero attached hydrogens (tertiary/aromatic N) is 3. The number of amides is 1. The molecule has 0 saturated heterocycles. The average molecular weight is 433 g/mol. The van der Waals surface area contributed by atoms with Crippen LogP contribution < -0.4 is 10.6 Å². The smallest absolute Gasteiger partial charge is 0.270 e. The number of fused-ring (bicyclic) bond motifs is 3. The zero-order valence-corrected chi connectivity index (χ0v) is 17.5. The molecule has 0 aliphatic carbocycles. The molecule has 0 spiro atoms. The average Bonchev–Trinajstić information content (AvgIpc) is 3.38. The first kappa shape index (κ1) is 19.1. The van der Waals surface area contributed by atoms with E-state index in [2.05, 4.69) is 22.2 Å². The van der Waals surface area contributed by atoms with Crippen LogP contribution >= 0.6 is 0 Å². The minimum absolute atomic E-state index is 0.0811. The highest BCUT2D eigenvalue weighted by Crippen LogP contribution is 2.33. The van der Waals surface area contributed by atoms with Crippen molar-refractivity contribution < 1.29 is 13.2 Å². The fourth-order valence-electron chi connectivity index (χ4n) is 3.81. The summed E-state index contributed by atoms with van der Waals surface area (Å²) in [6.07, 6.45) is 3.21. The van der Waals surface area contributed by atoms with Gasteiger partial charge in [-0.25, -0.2) is 17.4 Å². The Morgan fingerprint density at radius 1 is 1.19 bits per heavy atom. The summed E-state index contributed by atoms with van der Waals surface area (Å²) in [4.78, 5) is 17.2. The van der Waals surface area contributed by atoms with Crippen molar-refractivity contribution in [2.24, 2.45) is 0 Å². The number of benzene rings is 1. The molecule has 0 bridgehead atoms. The van der Waals surface area contributed by atoms with Crippen molar-refractivity contribution >= 4 is 33.0 Å². The highest BCUT2D eigenvalue weighted by molar-refractivity contribution is 7.90. The number of hydrogen-bond donors (Lipinski definition) is 2. The number of rotatable bonds is 3. The van der Waals surface area contributed by atoms with Gasteiger partial charge >= 0.3 is 0 Å². The molecule has 0 atom stereocenters. The Bertz CT molecular complexity index is 1480. The Morgan fingerprint density at radius 2 is 2.03 bits per heavy atom. The van der Waals surface area contributed by atoms with Crippen molar-refractivity contribution in [1.82, 2.24) is 18.7 Å². The molecule has 4 heterocycles. The van der Waals surface area contributed by atoms with E-state index in [0.717, 1.165) is 17.0 Å². The minimum Gasteiger partial charge on any atom is -0.353 e. The molecule has 1 aliphatic heterocycles.